The van der Waals surface area contributed by atoms with Crippen LogP contribution in [0.5, 0.6) is 0 Å². The van der Waals surface area contributed by atoms with Gasteiger partial charge in [0.05, 0.1) is 6.20 Å². The molecule has 0 spiro atoms. The number of carbonyl (C=O) groups excluding carboxylic acids is 1. The molecule has 6 nitrogen and oxygen atoms in total. The number of fused-ring (bicyclic) bond motifs is 1. The number of nitrogens with one attached hydrogen (secondary N) is 1. The summed E-state index contributed by atoms with van der Waals surface area (Å²) in [5, 5.41) is 6.04. The number of amides is 1. The lowest BCUT2D eigenvalue weighted by Gasteiger charge is -2.19. The zero-order valence-electron chi connectivity index (χ0n) is 12.8. The van der Waals surface area contributed by atoms with Crippen LogP contribution in [0.1, 0.15) is 23.3 Å². The molecule has 0 aromatic carbocycles. The molecule has 2 saturated heterocycles. The van der Waals surface area contributed by atoms with Gasteiger partial charge in [-0.15, -0.1) is 11.3 Å². The van der Waals surface area contributed by atoms with Crippen LogP contribution in [0.15, 0.2) is 24.0 Å². The molecule has 0 unspecified atom stereocenters. The number of hydrogen-bond acceptors (Lipinski definition) is 6. The van der Waals surface area contributed by atoms with Crippen molar-refractivity contribution in [3.8, 4) is 10.7 Å². The Balaban J connectivity index is 1.48. The Morgan fingerprint density at radius 3 is 2.70 bits per heavy atom. The van der Waals surface area contributed by atoms with Crippen LogP contribution in [0.2, 0.25) is 0 Å². The van der Waals surface area contributed by atoms with Gasteiger partial charge >= 0.3 is 0 Å². The van der Waals surface area contributed by atoms with Crippen LogP contribution in [0.3, 0.4) is 0 Å². The quantitative estimate of drug-likeness (QED) is 0.907. The normalized spacial score (nSPS) is 24.3. The summed E-state index contributed by atoms with van der Waals surface area (Å²) in [4.78, 5) is 27.5. The van der Waals surface area contributed by atoms with Gasteiger partial charge in [0.15, 0.2) is 0 Å². The van der Waals surface area contributed by atoms with E-state index in [1.807, 2.05) is 10.3 Å². The Hall–Kier alpha value is -1.86. The van der Waals surface area contributed by atoms with Crippen molar-refractivity contribution in [2.45, 2.75) is 12.8 Å². The summed E-state index contributed by atoms with van der Waals surface area (Å²) in [6.45, 7) is 3.86. The van der Waals surface area contributed by atoms with Crippen molar-refractivity contribution in [2.24, 2.45) is 11.8 Å². The minimum atomic E-state index is 0.0457. The van der Waals surface area contributed by atoms with Crippen LogP contribution in [0.4, 0.5) is 0 Å². The minimum absolute atomic E-state index is 0.0457. The summed E-state index contributed by atoms with van der Waals surface area (Å²) in [5.41, 5.74) is 1.24. The van der Waals surface area contributed by atoms with E-state index in [2.05, 4.69) is 20.3 Å². The molecule has 0 radical (unpaired) electrons. The predicted molar refractivity (Wildman–Crippen MR) is 88.1 cm³/mol. The summed E-state index contributed by atoms with van der Waals surface area (Å²) in [5.74, 6) is 1.49. The summed E-state index contributed by atoms with van der Waals surface area (Å²) in [6, 6.07) is 0. The zero-order valence-corrected chi connectivity index (χ0v) is 13.6. The monoisotopic (exact) mass is 329 g/mol. The van der Waals surface area contributed by atoms with Crippen LogP contribution in [0, 0.1) is 11.8 Å². The van der Waals surface area contributed by atoms with Crippen molar-refractivity contribution in [1.29, 1.82) is 0 Å². The van der Waals surface area contributed by atoms with Gasteiger partial charge in [-0.25, -0.2) is 4.98 Å². The second kappa shape index (κ2) is 6.33. The first-order chi connectivity index (χ1) is 11.3. The van der Waals surface area contributed by atoms with Crippen molar-refractivity contribution < 1.29 is 4.79 Å². The summed E-state index contributed by atoms with van der Waals surface area (Å²) < 4.78 is 0. The average molecular weight is 329 g/mol. The van der Waals surface area contributed by atoms with Crippen LogP contribution >= 0.6 is 11.3 Å². The fourth-order valence-electron chi connectivity index (χ4n) is 3.48. The fraction of sp³-hybridized carbons (Fsp3) is 0.500. The van der Waals surface area contributed by atoms with Crippen LogP contribution in [-0.4, -0.2) is 51.9 Å². The van der Waals surface area contributed by atoms with E-state index in [1.165, 1.54) is 11.3 Å². The van der Waals surface area contributed by atoms with E-state index in [0.29, 0.717) is 11.4 Å². The third-order valence-corrected chi connectivity index (χ3v) is 5.68. The number of thiazole rings is 1. The van der Waals surface area contributed by atoms with Gasteiger partial charge in [0.2, 0.25) is 0 Å². The maximum Gasteiger partial charge on any atom is 0.273 e. The molecule has 2 aromatic rings. The van der Waals surface area contributed by atoms with Gasteiger partial charge in [-0.2, -0.15) is 0 Å². The zero-order chi connectivity index (χ0) is 15.6. The molecule has 2 aliphatic heterocycles. The minimum Gasteiger partial charge on any atom is -0.337 e. The van der Waals surface area contributed by atoms with Gasteiger partial charge in [0.1, 0.15) is 16.4 Å². The van der Waals surface area contributed by atoms with Crippen LogP contribution < -0.4 is 5.32 Å². The number of rotatable bonds is 2. The summed E-state index contributed by atoms with van der Waals surface area (Å²) in [7, 11) is 0. The Bertz CT molecular complexity index is 675. The van der Waals surface area contributed by atoms with Crippen molar-refractivity contribution in [1.82, 2.24) is 25.2 Å². The third-order valence-electron chi connectivity index (χ3n) is 4.81. The molecular formula is C16H19N5OS. The second-order valence-corrected chi connectivity index (χ2v) is 7.03. The topological polar surface area (TPSA) is 71.0 Å². The first-order valence-corrected chi connectivity index (χ1v) is 8.91. The van der Waals surface area contributed by atoms with Crippen molar-refractivity contribution in [3.05, 3.63) is 29.7 Å². The molecule has 2 atom stereocenters. The number of carbonyl (C=O) groups is 1. The average Bonchev–Trinajstić information content (AvgIpc) is 3.21. The standard InChI is InChI=1S/C16H19N5OS/c22-16(21-5-1-11-7-18-8-12(11)2-6-21)14-10-23-15(20-14)13-9-17-3-4-19-13/h3-4,9-12,18H,1-2,5-8H2/t11-,12+. The third kappa shape index (κ3) is 2.98. The molecular weight excluding hydrogens is 310 g/mol. The molecule has 4 heterocycles. The number of aromatic nitrogens is 3. The second-order valence-electron chi connectivity index (χ2n) is 6.18. The number of likely N-dealkylation sites (tertiary alicyclic amines) is 1. The van der Waals surface area contributed by atoms with E-state index < -0.39 is 0 Å². The van der Waals surface area contributed by atoms with Crippen LogP contribution in [0.25, 0.3) is 10.7 Å². The van der Waals surface area contributed by atoms with Gasteiger partial charge in [-0.1, -0.05) is 0 Å². The Morgan fingerprint density at radius 1 is 1.22 bits per heavy atom. The van der Waals surface area contributed by atoms with E-state index >= 15 is 0 Å². The molecule has 7 heteroatoms. The predicted octanol–water partition coefficient (Wildman–Crippen LogP) is 1.67. The SMILES string of the molecule is O=C(c1csc(-c2cnccn2)n1)N1CC[C@@H]2CNC[C@@H]2CC1. The molecule has 120 valence electrons. The smallest absolute Gasteiger partial charge is 0.273 e. The fourth-order valence-corrected chi connectivity index (χ4v) is 4.24. The molecule has 4 rings (SSSR count). The van der Waals surface area contributed by atoms with Gasteiger partial charge in [-0.3, -0.25) is 14.8 Å². The Labute approximate surface area is 139 Å². The van der Waals surface area contributed by atoms with E-state index in [1.54, 1.807) is 18.6 Å². The highest BCUT2D eigenvalue weighted by Gasteiger charge is 2.32. The molecule has 0 aliphatic carbocycles. The molecule has 0 bridgehead atoms. The molecule has 0 saturated carbocycles. The molecule has 2 fully saturated rings. The van der Waals surface area contributed by atoms with Crippen molar-refractivity contribution in [2.75, 3.05) is 26.2 Å². The highest BCUT2D eigenvalue weighted by atomic mass is 32.1. The maximum atomic E-state index is 12.7. The lowest BCUT2D eigenvalue weighted by atomic mass is 9.92. The van der Waals surface area contributed by atoms with E-state index in [4.69, 9.17) is 0 Å². The highest BCUT2D eigenvalue weighted by Crippen LogP contribution is 2.28. The van der Waals surface area contributed by atoms with E-state index in [-0.39, 0.29) is 5.91 Å². The van der Waals surface area contributed by atoms with Crippen molar-refractivity contribution >= 4 is 17.2 Å². The summed E-state index contributed by atoms with van der Waals surface area (Å²) >= 11 is 1.45. The van der Waals surface area contributed by atoms with Gasteiger partial charge in [-0.05, 0) is 37.8 Å². The van der Waals surface area contributed by atoms with Gasteiger partial charge in [0, 0.05) is 30.9 Å². The van der Waals surface area contributed by atoms with E-state index in [9.17, 15) is 4.79 Å². The van der Waals surface area contributed by atoms with Gasteiger partial charge < -0.3 is 10.2 Å². The first-order valence-electron chi connectivity index (χ1n) is 8.03. The lowest BCUT2D eigenvalue weighted by molar-refractivity contribution is 0.0753. The van der Waals surface area contributed by atoms with E-state index in [0.717, 1.165) is 55.9 Å². The first kappa shape index (κ1) is 14.7. The number of nitrogens with zero attached hydrogens (tertiary/aromatic N) is 4. The molecule has 1 amide bonds. The lowest BCUT2D eigenvalue weighted by Crippen LogP contribution is -2.33. The largest absolute Gasteiger partial charge is 0.337 e. The Kier molecular flexibility index (Phi) is 4.05. The molecule has 23 heavy (non-hydrogen) atoms. The number of hydrogen-bond donors (Lipinski definition) is 1. The summed E-state index contributed by atoms with van der Waals surface area (Å²) in [6.07, 6.45) is 7.12. The van der Waals surface area contributed by atoms with Crippen LogP contribution in [-0.2, 0) is 0 Å². The molecule has 2 aromatic heterocycles. The highest BCUT2D eigenvalue weighted by molar-refractivity contribution is 7.13. The maximum absolute atomic E-state index is 12.7. The Morgan fingerprint density at radius 2 is 2.00 bits per heavy atom. The molecule has 2 aliphatic rings. The van der Waals surface area contributed by atoms with Crippen molar-refractivity contribution in [3.63, 3.8) is 0 Å². The molecule has 1 N–H and O–H groups in total. The van der Waals surface area contributed by atoms with Gasteiger partial charge in [0.25, 0.3) is 5.91 Å².